The maximum atomic E-state index is 12.7. The van der Waals surface area contributed by atoms with Crippen molar-refractivity contribution in [2.75, 3.05) is 0 Å². The van der Waals surface area contributed by atoms with Gasteiger partial charge in [-0.15, -0.1) is 0 Å². The van der Waals surface area contributed by atoms with Crippen molar-refractivity contribution in [2.24, 2.45) is 0 Å². The van der Waals surface area contributed by atoms with Crippen molar-refractivity contribution >= 4 is 11.6 Å². The maximum Gasteiger partial charge on any atom is 0.417 e. The second-order valence-electron chi connectivity index (χ2n) is 4.12. The highest BCUT2D eigenvalue weighted by molar-refractivity contribution is 6.30. The van der Waals surface area contributed by atoms with E-state index >= 15 is 0 Å². The van der Waals surface area contributed by atoms with E-state index in [1.54, 1.807) is 0 Å². The van der Waals surface area contributed by atoms with E-state index in [1.807, 2.05) is 4.98 Å². The van der Waals surface area contributed by atoms with Gasteiger partial charge in [-0.1, -0.05) is 11.6 Å². The molecule has 0 bridgehead atoms. The monoisotopic (exact) mass is 321 g/mol. The Morgan fingerprint density at radius 3 is 2.38 bits per heavy atom. The summed E-state index contributed by atoms with van der Waals surface area (Å²) in [5.74, 6) is 0. The molecule has 0 aromatic carbocycles. The molecule has 0 aliphatic heterocycles. The molecule has 0 aliphatic carbocycles. The van der Waals surface area contributed by atoms with Crippen molar-refractivity contribution in [3.05, 3.63) is 65.8 Å². The van der Waals surface area contributed by atoms with E-state index in [4.69, 9.17) is 11.6 Å². The minimum atomic E-state index is -4.68. The van der Waals surface area contributed by atoms with Crippen LogP contribution < -0.4 is 16.8 Å². The summed E-state index contributed by atoms with van der Waals surface area (Å²) in [5, 5.41) is -0.614. The van der Waals surface area contributed by atoms with Crippen molar-refractivity contribution < 1.29 is 13.2 Å². The zero-order valence-corrected chi connectivity index (χ0v) is 10.9. The number of nitrogens with zero attached hydrogens (tertiary/aromatic N) is 1. The van der Waals surface area contributed by atoms with Gasteiger partial charge in [0, 0.05) is 18.0 Å². The van der Waals surface area contributed by atoms with Crippen molar-refractivity contribution in [3.63, 3.8) is 0 Å². The van der Waals surface area contributed by atoms with E-state index in [-0.39, 0.29) is 5.69 Å². The molecule has 6 nitrogen and oxygen atoms in total. The average Bonchev–Trinajstić information content (AvgIpc) is 2.32. The Morgan fingerprint density at radius 2 is 1.81 bits per heavy atom. The SMILES string of the molecule is O=c1cc(Cn2cc(C(F)(F)F)cc(Cl)c2=O)[nH]c(=O)[nH]1. The van der Waals surface area contributed by atoms with E-state index in [0.717, 1.165) is 6.07 Å². The number of alkyl halides is 3. The molecule has 0 radical (unpaired) electrons. The van der Waals surface area contributed by atoms with E-state index in [0.29, 0.717) is 16.8 Å². The predicted octanol–water partition coefficient (Wildman–Crippen LogP) is 0.945. The van der Waals surface area contributed by atoms with E-state index in [2.05, 4.69) is 4.98 Å². The number of aromatic nitrogens is 3. The van der Waals surface area contributed by atoms with Gasteiger partial charge in [0.05, 0.1) is 12.1 Å². The summed E-state index contributed by atoms with van der Waals surface area (Å²) >= 11 is 5.48. The molecular formula is C11H7ClF3N3O3. The molecule has 2 heterocycles. The van der Waals surface area contributed by atoms with Crippen molar-refractivity contribution in [1.29, 1.82) is 0 Å². The molecule has 0 atom stereocenters. The largest absolute Gasteiger partial charge is 0.417 e. The van der Waals surface area contributed by atoms with Crippen LogP contribution in [0.2, 0.25) is 5.02 Å². The second-order valence-corrected chi connectivity index (χ2v) is 4.53. The molecule has 0 saturated carbocycles. The van der Waals surface area contributed by atoms with Crippen molar-refractivity contribution in [2.45, 2.75) is 12.7 Å². The number of hydrogen-bond donors (Lipinski definition) is 2. The lowest BCUT2D eigenvalue weighted by atomic mass is 10.2. The highest BCUT2D eigenvalue weighted by Crippen LogP contribution is 2.29. The Labute approximate surface area is 118 Å². The van der Waals surface area contributed by atoms with Crippen molar-refractivity contribution in [3.8, 4) is 0 Å². The fourth-order valence-corrected chi connectivity index (χ4v) is 1.89. The van der Waals surface area contributed by atoms with Crippen LogP contribution in [0.4, 0.5) is 13.2 Å². The Kier molecular flexibility index (Phi) is 3.77. The van der Waals surface area contributed by atoms with Gasteiger partial charge in [-0.05, 0) is 6.07 Å². The molecule has 0 aliphatic rings. The molecule has 10 heteroatoms. The van der Waals surface area contributed by atoms with Gasteiger partial charge in [0.1, 0.15) is 5.02 Å². The Balaban J connectivity index is 2.53. The number of halogens is 4. The molecule has 2 aromatic heterocycles. The molecule has 2 rings (SSSR count). The number of hydrogen-bond acceptors (Lipinski definition) is 3. The first-order valence-corrected chi connectivity index (χ1v) is 5.84. The molecule has 0 spiro atoms. The number of aromatic amines is 2. The van der Waals surface area contributed by atoms with E-state index in [1.165, 1.54) is 0 Å². The summed E-state index contributed by atoms with van der Waals surface area (Å²) in [5.41, 5.74) is -3.57. The van der Waals surface area contributed by atoms with Crippen LogP contribution in [-0.4, -0.2) is 14.5 Å². The fraction of sp³-hybridized carbons (Fsp3) is 0.182. The summed E-state index contributed by atoms with van der Waals surface area (Å²) in [6, 6.07) is 1.48. The van der Waals surface area contributed by atoms with Crippen LogP contribution in [0.25, 0.3) is 0 Å². The topological polar surface area (TPSA) is 87.7 Å². The molecule has 2 aromatic rings. The third-order valence-electron chi connectivity index (χ3n) is 2.53. The number of rotatable bonds is 2. The predicted molar refractivity (Wildman–Crippen MR) is 67.5 cm³/mol. The average molecular weight is 322 g/mol. The van der Waals surface area contributed by atoms with Crippen LogP contribution in [0.15, 0.2) is 32.7 Å². The first kappa shape index (κ1) is 15.1. The van der Waals surface area contributed by atoms with Gasteiger partial charge in [-0.25, -0.2) is 4.79 Å². The molecule has 112 valence electrons. The minimum Gasteiger partial charge on any atom is -0.309 e. The quantitative estimate of drug-likeness (QED) is 0.863. The van der Waals surface area contributed by atoms with Gasteiger partial charge >= 0.3 is 11.9 Å². The van der Waals surface area contributed by atoms with E-state index in [9.17, 15) is 27.6 Å². The van der Waals surface area contributed by atoms with Gasteiger partial charge in [0.2, 0.25) is 0 Å². The number of pyridine rings is 1. The second kappa shape index (κ2) is 5.24. The first-order valence-electron chi connectivity index (χ1n) is 5.46. The van der Waals surface area contributed by atoms with Gasteiger partial charge in [-0.2, -0.15) is 13.2 Å². The molecular weight excluding hydrogens is 315 g/mol. The fourth-order valence-electron chi connectivity index (χ4n) is 1.66. The summed E-state index contributed by atoms with van der Waals surface area (Å²) in [6.07, 6.45) is -4.12. The van der Waals surface area contributed by atoms with Gasteiger partial charge in [-0.3, -0.25) is 14.6 Å². The third kappa shape index (κ3) is 3.43. The Hall–Kier alpha value is -2.29. The smallest absolute Gasteiger partial charge is 0.309 e. The third-order valence-corrected chi connectivity index (χ3v) is 2.80. The standard InChI is InChI=1S/C11H7ClF3N3O3/c12-7-1-5(11(13,14)15)3-18(9(7)20)4-6-2-8(19)17-10(21)16-6/h1-3H,4H2,(H2,16,17,19,21). The number of H-pyrrole nitrogens is 2. The van der Waals surface area contributed by atoms with Crippen LogP contribution in [0.1, 0.15) is 11.3 Å². The summed E-state index contributed by atoms with van der Waals surface area (Å²) in [6.45, 7) is -0.429. The number of nitrogens with one attached hydrogen (secondary N) is 2. The summed E-state index contributed by atoms with van der Waals surface area (Å²) in [7, 11) is 0. The first-order chi connectivity index (χ1) is 9.66. The van der Waals surface area contributed by atoms with Crippen LogP contribution >= 0.6 is 11.6 Å². The molecule has 0 amide bonds. The highest BCUT2D eigenvalue weighted by Gasteiger charge is 2.32. The van der Waals surface area contributed by atoms with Crippen LogP contribution in [0.3, 0.4) is 0 Å². The molecule has 21 heavy (non-hydrogen) atoms. The summed E-state index contributed by atoms with van der Waals surface area (Å²) < 4.78 is 38.6. The Bertz CT molecular complexity index is 822. The van der Waals surface area contributed by atoms with Gasteiger partial charge < -0.3 is 9.55 Å². The molecule has 0 saturated heterocycles. The van der Waals surface area contributed by atoms with Crippen LogP contribution in [-0.2, 0) is 12.7 Å². The minimum absolute atomic E-state index is 0.0266. The lowest BCUT2D eigenvalue weighted by Crippen LogP contribution is -2.27. The molecule has 0 unspecified atom stereocenters. The summed E-state index contributed by atoms with van der Waals surface area (Å²) in [4.78, 5) is 38.0. The lowest BCUT2D eigenvalue weighted by molar-refractivity contribution is -0.138. The molecule has 0 fully saturated rings. The van der Waals surface area contributed by atoms with Crippen molar-refractivity contribution in [1.82, 2.24) is 14.5 Å². The van der Waals surface area contributed by atoms with Crippen LogP contribution in [0, 0.1) is 0 Å². The van der Waals surface area contributed by atoms with Gasteiger partial charge in [0.25, 0.3) is 11.1 Å². The highest BCUT2D eigenvalue weighted by atomic mass is 35.5. The molecule has 2 N–H and O–H groups in total. The van der Waals surface area contributed by atoms with E-state index < -0.39 is 40.1 Å². The van der Waals surface area contributed by atoms with Crippen LogP contribution in [0.5, 0.6) is 0 Å². The normalized spacial score (nSPS) is 11.6. The zero-order valence-electron chi connectivity index (χ0n) is 10.1. The maximum absolute atomic E-state index is 12.7. The Morgan fingerprint density at radius 1 is 1.14 bits per heavy atom. The zero-order chi connectivity index (χ0) is 15.8. The van der Waals surface area contributed by atoms with Gasteiger partial charge in [0.15, 0.2) is 0 Å². The lowest BCUT2D eigenvalue weighted by Gasteiger charge is -2.11.